The lowest BCUT2D eigenvalue weighted by Gasteiger charge is -2.41. The first-order valence-electron chi connectivity index (χ1n) is 10.1. The maximum absolute atomic E-state index is 11.4. The number of anilines is 1. The highest BCUT2D eigenvalue weighted by Gasteiger charge is 2.38. The molecule has 2 aromatic rings. The molecule has 4 atom stereocenters. The number of amides is 1. The summed E-state index contributed by atoms with van der Waals surface area (Å²) in [4.78, 5) is 11.4. The molecule has 1 aliphatic rings. The number of thioether (sulfide) groups is 1. The van der Waals surface area contributed by atoms with Gasteiger partial charge in [0.15, 0.2) is 6.29 Å². The fourth-order valence-corrected chi connectivity index (χ4v) is 4.45. The Hall–Kier alpha value is -1.90. The summed E-state index contributed by atoms with van der Waals surface area (Å²) in [6.45, 7) is 3.72. The van der Waals surface area contributed by atoms with E-state index in [4.69, 9.17) is 14.6 Å². The van der Waals surface area contributed by atoms with Crippen LogP contribution in [0.1, 0.15) is 42.9 Å². The summed E-state index contributed by atoms with van der Waals surface area (Å²) in [6, 6.07) is 15.3. The topological polar surface area (TPSA) is 88.0 Å². The van der Waals surface area contributed by atoms with E-state index in [0.717, 1.165) is 22.4 Å². The summed E-state index contributed by atoms with van der Waals surface area (Å²) in [6.07, 6.45) is -0.815. The first-order valence-corrected chi connectivity index (χ1v) is 11.2. The SMILES string of the molecule is CC(=O)Nc1cccc([C@H]2O[C@@H](CSCCO)[C@@H](C)[C@@H](c3ccc(CO)cc3)O2)c1. The highest BCUT2D eigenvalue weighted by molar-refractivity contribution is 7.99. The van der Waals surface area contributed by atoms with Crippen molar-refractivity contribution in [1.82, 2.24) is 0 Å². The molecule has 2 aromatic carbocycles. The van der Waals surface area contributed by atoms with Crippen LogP contribution in [0.3, 0.4) is 0 Å². The van der Waals surface area contributed by atoms with E-state index in [1.807, 2.05) is 48.5 Å². The number of carbonyl (C=O) groups is 1. The zero-order valence-corrected chi connectivity index (χ0v) is 18.1. The van der Waals surface area contributed by atoms with E-state index >= 15 is 0 Å². The Labute approximate surface area is 181 Å². The standard InChI is InChI=1S/C23H29NO5S/c1-15-21(14-30-11-10-25)28-23(19-4-3-5-20(12-19)24-16(2)27)29-22(15)18-8-6-17(13-26)7-9-18/h3-9,12,15,21-23,25-26H,10-11,13-14H2,1-2H3,(H,24,27)/t15-,21+,22+,23+/m1/s1. The van der Waals surface area contributed by atoms with Crippen molar-refractivity contribution < 1.29 is 24.5 Å². The Kier molecular flexibility index (Phi) is 8.30. The molecule has 1 saturated heterocycles. The van der Waals surface area contributed by atoms with E-state index in [9.17, 15) is 9.90 Å². The third kappa shape index (κ3) is 5.83. The monoisotopic (exact) mass is 431 g/mol. The van der Waals surface area contributed by atoms with E-state index in [2.05, 4.69) is 12.2 Å². The molecule has 162 valence electrons. The van der Waals surface area contributed by atoms with E-state index in [1.54, 1.807) is 11.8 Å². The zero-order chi connectivity index (χ0) is 21.5. The number of aliphatic hydroxyl groups is 2. The summed E-state index contributed by atoms with van der Waals surface area (Å²) in [7, 11) is 0. The minimum absolute atomic E-state index is 0.00343. The van der Waals surface area contributed by atoms with Gasteiger partial charge in [0.1, 0.15) is 0 Å². The quantitative estimate of drug-likeness (QED) is 0.553. The zero-order valence-electron chi connectivity index (χ0n) is 17.3. The summed E-state index contributed by atoms with van der Waals surface area (Å²) in [5.74, 6) is 1.38. The maximum Gasteiger partial charge on any atom is 0.221 e. The number of hydrogen-bond donors (Lipinski definition) is 3. The fraction of sp³-hybridized carbons (Fsp3) is 0.435. The molecule has 0 aromatic heterocycles. The van der Waals surface area contributed by atoms with Gasteiger partial charge in [-0.2, -0.15) is 11.8 Å². The van der Waals surface area contributed by atoms with Crippen molar-refractivity contribution in [3.8, 4) is 0 Å². The molecule has 1 aliphatic heterocycles. The van der Waals surface area contributed by atoms with Crippen LogP contribution in [0, 0.1) is 5.92 Å². The molecular formula is C23H29NO5S. The molecule has 30 heavy (non-hydrogen) atoms. The molecular weight excluding hydrogens is 402 g/mol. The highest BCUT2D eigenvalue weighted by Crippen LogP contribution is 2.42. The second-order valence-corrected chi connectivity index (χ2v) is 8.58. The van der Waals surface area contributed by atoms with Crippen LogP contribution in [-0.4, -0.2) is 40.3 Å². The van der Waals surface area contributed by atoms with E-state index in [-0.39, 0.29) is 37.2 Å². The minimum atomic E-state index is -0.572. The summed E-state index contributed by atoms with van der Waals surface area (Å²) >= 11 is 1.65. The lowest BCUT2D eigenvalue weighted by Crippen LogP contribution is -2.38. The van der Waals surface area contributed by atoms with Gasteiger partial charge >= 0.3 is 0 Å². The van der Waals surface area contributed by atoms with Crippen molar-refractivity contribution in [1.29, 1.82) is 0 Å². The van der Waals surface area contributed by atoms with Gasteiger partial charge in [0.05, 0.1) is 25.4 Å². The van der Waals surface area contributed by atoms with Crippen LogP contribution in [0.2, 0.25) is 0 Å². The minimum Gasteiger partial charge on any atom is -0.396 e. The molecule has 0 aliphatic carbocycles. The molecule has 0 bridgehead atoms. The summed E-state index contributed by atoms with van der Waals surface area (Å²) in [5.41, 5.74) is 3.42. The van der Waals surface area contributed by atoms with Crippen molar-refractivity contribution in [2.24, 2.45) is 5.92 Å². The van der Waals surface area contributed by atoms with Gasteiger partial charge in [0.2, 0.25) is 5.91 Å². The number of benzene rings is 2. The molecule has 6 nitrogen and oxygen atoms in total. The number of aliphatic hydroxyl groups excluding tert-OH is 2. The van der Waals surface area contributed by atoms with Crippen LogP contribution in [0.25, 0.3) is 0 Å². The van der Waals surface area contributed by atoms with Crippen molar-refractivity contribution in [2.45, 2.75) is 39.0 Å². The summed E-state index contributed by atoms with van der Waals surface area (Å²) < 4.78 is 12.7. The molecule has 3 N–H and O–H groups in total. The molecule has 1 amide bonds. The average molecular weight is 432 g/mol. The third-order valence-corrected chi connectivity index (χ3v) is 6.16. The largest absolute Gasteiger partial charge is 0.396 e. The molecule has 0 saturated carbocycles. The van der Waals surface area contributed by atoms with Gasteiger partial charge in [-0.3, -0.25) is 4.79 Å². The normalized spacial score (nSPS) is 23.9. The Morgan fingerprint density at radius 3 is 2.53 bits per heavy atom. The molecule has 0 unspecified atom stereocenters. The Balaban J connectivity index is 1.86. The smallest absolute Gasteiger partial charge is 0.221 e. The van der Waals surface area contributed by atoms with Crippen molar-refractivity contribution in [3.63, 3.8) is 0 Å². The van der Waals surface area contributed by atoms with Gasteiger partial charge in [-0.15, -0.1) is 0 Å². The Morgan fingerprint density at radius 2 is 1.87 bits per heavy atom. The van der Waals surface area contributed by atoms with Gasteiger partial charge in [-0.05, 0) is 23.3 Å². The first-order chi connectivity index (χ1) is 14.5. The van der Waals surface area contributed by atoms with Gasteiger partial charge in [-0.1, -0.05) is 43.3 Å². The van der Waals surface area contributed by atoms with Crippen molar-refractivity contribution in [2.75, 3.05) is 23.4 Å². The van der Waals surface area contributed by atoms with Crippen LogP contribution in [0.15, 0.2) is 48.5 Å². The number of nitrogens with one attached hydrogen (secondary N) is 1. The second-order valence-electron chi connectivity index (χ2n) is 7.43. The van der Waals surface area contributed by atoms with E-state index < -0.39 is 6.29 Å². The molecule has 1 fully saturated rings. The van der Waals surface area contributed by atoms with E-state index in [0.29, 0.717) is 11.4 Å². The van der Waals surface area contributed by atoms with Crippen LogP contribution in [-0.2, 0) is 20.9 Å². The van der Waals surface area contributed by atoms with E-state index in [1.165, 1.54) is 6.92 Å². The predicted octanol–water partition coefficient (Wildman–Crippen LogP) is 3.65. The second kappa shape index (κ2) is 10.9. The Morgan fingerprint density at radius 1 is 1.10 bits per heavy atom. The van der Waals surface area contributed by atoms with Crippen LogP contribution >= 0.6 is 11.8 Å². The third-order valence-electron chi connectivity index (χ3n) is 5.12. The van der Waals surface area contributed by atoms with Gasteiger partial charge < -0.3 is 25.0 Å². The number of carbonyl (C=O) groups excluding carboxylic acids is 1. The van der Waals surface area contributed by atoms with Crippen LogP contribution in [0.4, 0.5) is 5.69 Å². The van der Waals surface area contributed by atoms with Gasteiger partial charge in [-0.25, -0.2) is 0 Å². The number of rotatable bonds is 8. The fourth-order valence-electron chi connectivity index (χ4n) is 3.54. The highest BCUT2D eigenvalue weighted by atomic mass is 32.2. The number of hydrogen-bond acceptors (Lipinski definition) is 6. The van der Waals surface area contributed by atoms with Crippen LogP contribution in [0.5, 0.6) is 0 Å². The molecule has 3 rings (SSSR count). The molecule has 7 heteroatoms. The lowest BCUT2D eigenvalue weighted by atomic mass is 9.91. The first kappa shape index (κ1) is 22.8. The lowest BCUT2D eigenvalue weighted by molar-refractivity contribution is -0.268. The van der Waals surface area contributed by atoms with Gasteiger partial charge in [0.25, 0.3) is 0 Å². The van der Waals surface area contributed by atoms with Crippen molar-refractivity contribution in [3.05, 3.63) is 65.2 Å². The molecule has 0 spiro atoms. The average Bonchev–Trinajstić information content (AvgIpc) is 2.75. The maximum atomic E-state index is 11.4. The Bertz CT molecular complexity index is 829. The van der Waals surface area contributed by atoms with Crippen molar-refractivity contribution >= 4 is 23.4 Å². The van der Waals surface area contributed by atoms with Crippen LogP contribution < -0.4 is 5.32 Å². The molecule has 0 radical (unpaired) electrons. The molecule has 1 heterocycles. The predicted molar refractivity (Wildman–Crippen MR) is 118 cm³/mol. The summed E-state index contributed by atoms with van der Waals surface area (Å²) in [5, 5.41) is 21.3. The number of ether oxygens (including phenoxy) is 2. The van der Waals surface area contributed by atoms with Gasteiger partial charge in [0, 0.05) is 35.6 Å².